The van der Waals surface area contributed by atoms with E-state index in [-0.39, 0.29) is 11.9 Å². The van der Waals surface area contributed by atoms with Crippen LogP contribution in [0.2, 0.25) is 0 Å². The molecule has 2 aliphatic rings. The number of hydrogen-bond acceptors (Lipinski definition) is 5. The number of fused-ring (bicyclic) bond motifs is 2. The molecule has 0 aromatic carbocycles. The zero-order valence-corrected chi connectivity index (χ0v) is 14.6. The lowest BCUT2D eigenvalue weighted by atomic mass is 9.94. The molecule has 7 nitrogen and oxygen atoms in total. The van der Waals surface area contributed by atoms with Crippen LogP contribution in [-0.2, 0) is 12.8 Å². The molecular formula is C19H21N5O2. The zero-order chi connectivity index (χ0) is 17.5. The Morgan fingerprint density at radius 1 is 1.15 bits per heavy atom. The van der Waals surface area contributed by atoms with E-state index in [1.807, 2.05) is 27.8 Å². The third-order valence-corrected chi connectivity index (χ3v) is 5.54. The van der Waals surface area contributed by atoms with Crippen molar-refractivity contribution in [2.24, 2.45) is 0 Å². The van der Waals surface area contributed by atoms with Crippen molar-refractivity contribution in [2.75, 3.05) is 6.54 Å². The molecule has 3 aromatic rings. The van der Waals surface area contributed by atoms with Crippen molar-refractivity contribution in [3.8, 4) is 0 Å². The van der Waals surface area contributed by atoms with Gasteiger partial charge in [-0.05, 0) is 44.6 Å². The van der Waals surface area contributed by atoms with Crippen molar-refractivity contribution in [3.05, 3.63) is 47.4 Å². The number of imidazole rings is 1. The highest BCUT2D eigenvalue weighted by atomic mass is 16.5. The molecule has 4 heterocycles. The first-order chi connectivity index (χ1) is 12.8. The number of aryl methyl sites for hydroxylation is 1. The van der Waals surface area contributed by atoms with Crippen LogP contribution in [0.3, 0.4) is 0 Å². The van der Waals surface area contributed by atoms with Crippen molar-refractivity contribution in [1.82, 2.24) is 24.4 Å². The summed E-state index contributed by atoms with van der Waals surface area (Å²) in [6, 6.07) is 1.96. The first-order valence-electron chi connectivity index (χ1n) is 9.39. The molecule has 3 aromatic heterocycles. The second kappa shape index (κ2) is 6.23. The van der Waals surface area contributed by atoms with E-state index in [4.69, 9.17) is 4.52 Å². The van der Waals surface area contributed by atoms with Crippen LogP contribution in [0, 0.1) is 0 Å². The highest BCUT2D eigenvalue weighted by Gasteiger charge is 2.34. The summed E-state index contributed by atoms with van der Waals surface area (Å²) in [7, 11) is 0. The van der Waals surface area contributed by atoms with Crippen molar-refractivity contribution >= 4 is 11.7 Å². The first kappa shape index (κ1) is 15.5. The average Bonchev–Trinajstić information content (AvgIpc) is 3.33. The van der Waals surface area contributed by atoms with Gasteiger partial charge in [0, 0.05) is 37.1 Å². The number of amides is 1. The number of nitrogens with zero attached hydrogens (tertiary/aromatic N) is 5. The van der Waals surface area contributed by atoms with E-state index in [2.05, 4.69) is 15.1 Å². The molecular weight excluding hydrogens is 330 g/mol. The Kier molecular flexibility index (Phi) is 3.72. The van der Waals surface area contributed by atoms with Gasteiger partial charge in [-0.25, -0.2) is 9.97 Å². The SMILES string of the molecule is O=C(c1noc2c1CCCC2)N1CCCC[C@@H]1c1ccn2ccnc2n1. The molecule has 1 atom stereocenters. The van der Waals surface area contributed by atoms with E-state index in [9.17, 15) is 4.79 Å². The van der Waals surface area contributed by atoms with Crippen LogP contribution in [0.1, 0.15) is 65.7 Å². The molecule has 1 aliphatic carbocycles. The summed E-state index contributed by atoms with van der Waals surface area (Å²) in [5, 5.41) is 4.14. The molecule has 26 heavy (non-hydrogen) atoms. The first-order valence-corrected chi connectivity index (χ1v) is 9.39. The zero-order valence-electron chi connectivity index (χ0n) is 14.6. The predicted molar refractivity (Wildman–Crippen MR) is 93.8 cm³/mol. The summed E-state index contributed by atoms with van der Waals surface area (Å²) >= 11 is 0. The van der Waals surface area contributed by atoms with Crippen LogP contribution in [0.5, 0.6) is 0 Å². The van der Waals surface area contributed by atoms with Gasteiger partial charge in [0.1, 0.15) is 5.76 Å². The number of likely N-dealkylation sites (tertiary alicyclic amines) is 1. The van der Waals surface area contributed by atoms with Gasteiger partial charge >= 0.3 is 0 Å². The Labute approximate surface area is 151 Å². The topological polar surface area (TPSA) is 76.5 Å². The second-order valence-corrected chi connectivity index (χ2v) is 7.14. The van der Waals surface area contributed by atoms with Gasteiger partial charge in [-0.3, -0.25) is 9.20 Å². The molecule has 0 unspecified atom stereocenters. The van der Waals surface area contributed by atoms with Gasteiger partial charge in [-0.15, -0.1) is 0 Å². The third-order valence-electron chi connectivity index (χ3n) is 5.54. The van der Waals surface area contributed by atoms with Gasteiger partial charge < -0.3 is 9.42 Å². The van der Waals surface area contributed by atoms with Crippen molar-refractivity contribution < 1.29 is 9.32 Å². The molecule has 1 fully saturated rings. The lowest BCUT2D eigenvalue weighted by Crippen LogP contribution is -2.39. The van der Waals surface area contributed by atoms with Crippen LogP contribution >= 0.6 is 0 Å². The summed E-state index contributed by atoms with van der Waals surface area (Å²) in [6.07, 6.45) is 12.5. The van der Waals surface area contributed by atoms with E-state index < -0.39 is 0 Å². The molecule has 134 valence electrons. The maximum absolute atomic E-state index is 13.3. The van der Waals surface area contributed by atoms with E-state index in [0.717, 1.165) is 68.5 Å². The van der Waals surface area contributed by atoms with Gasteiger partial charge in [0.05, 0.1) is 11.7 Å². The van der Waals surface area contributed by atoms with E-state index in [0.29, 0.717) is 11.5 Å². The fourth-order valence-electron chi connectivity index (χ4n) is 4.17. The van der Waals surface area contributed by atoms with Crippen LogP contribution < -0.4 is 0 Å². The second-order valence-electron chi connectivity index (χ2n) is 7.14. The summed E-state index contributed by atoms with van der Waals surface area (Å²) in [5.74, 6) is 1.54. The molecule has 0 bridgehead atoms. The minimum Gasteiger partial charge on any atom is -0.360 e. The standard InChI is InChI=1S/C19H21N5O2/c25-18(17-13-5-1-2-7-16(13)26-22-17)24-10-4-3-6-15(24)14-8-11-23-12-9-20-19(23)21-14/h8-9,11-12,15H,1-7,10H2/t15-/m1/s1. The lowest BCUT2D eigenvalue weighted by Gasteiger charge is -2.35. The Morgan fingerprint density at radius 2 is 2.08 bits per heavy atom. The van der Waals surface area contributed by atoms with Crippen molar-refractivity contribution in [2.45, 2.75) is 51.0 Å². The lowest BCUT2D eigenvalue weighted by molar-refractivity contribution is 0.0594. The number of hydrogen-bond donors (Lipinski definition) is 0. The third kappa shape index (κ3) is 2.50. The average molecular weight is 351 g/mol. The number of carbonyl (C=O) groups excluding carboxylic acids is 1. The molecule has 1 amide bonds. The summed E-state index contributed by atoms with van der Waals surface area (Å²) in [6.45, 7) is 0.729. The molecule has 0 radical (unpaired) electrons. The minimum absolute atomic E-state index is 0.0217. The number of rotatable bonds is 2. The van der Waals surface area contributed by atoms with Gasteiger partial charge in [0.2, 0.25) is 5.78 Å². The highest BCUT2D eigenvalue weighted by Crippen LogP contribution is 2.33. The number of aromatic nitrogens is 4. The quantitative estimate of drug-likeness (QED) is 0.709. The predicted octanol–water partition coefficient (Wildman–Crippen LogP) is 2.96. The van der Waals surface area contributed by atoms with Crippen LogP contribution in [-0.4, -0.2) is 36.9 Å². The molecule has 0 N–H and O–H groups in total. The maximum Gasteiger partial charge on any atom is 0.276 e. The summed E-state index contributed by atoms with van der Waals surface area (Å²) in [4.78, 5) is 24.2. The Balaban J connectivity index is 1.49. The van der Waals surface area contributed by atoms with Crippen molar-refractivity contribution in [3.63, 3.8) is 0 Å². The van der Waals surface area contributed by atoms with Crippen LogP contribution in [0.4, 0.5) is 0 Å². The fourth-order valence-corrected chi connectivity index (χ4v) is 4.17. The number of carbonyl (C=O) groups is 1. The van der Waals surface area contributed by atoms with Gasteiger partial charge in [-0.2, -0.15) is 0 Å². The highest BCUT2D eigenvalue weighted by molar-refractivity contribution is 5.94. The molecule has 7 heteroatoms. The van der Waals surface area contributed by atoms with Crippen LogP contribution in [0.15, 0.2) is 29.2 Å². The Morgan fingerprint density at radius 3 is 3.04 bits per heavy atom. The van der Waals surface area contributed by atoms with Gasteiger partial charge in [0.25, 0.3) is 5.91 Å². The van der Waals surface area contributed by atoms with E-state index in [1.165, 1.54) is 0 Å². The van der Waals surface area contributed by atoms with E-state index in [1.54, 1.807) is 6.20 Å². The van der Waals surface area contributed by atoms with E-state index >= 15 is 0 Å². The largest absolute Gasteiger partial charge is 0.360 e. The monoisotopic (exact) mass is 351 g/mol. The molecule has 1 aliphatic heterocycles. The Hall–Kier alpha value is -2.70. The van der Waals surface area contributed by atoms with Crippen LogP contribution in [0.25, 0.3) is 5.78 Å². The molecule has 0 spiro atoms. The van der Waals surface area contributed by atoms with Gasteiger partial charge in [0.15, 0.2) is 5.69 Å². The smallest absolute Gasteiger partial charge is 0.276 e. The molecule has 5 rings (SSSR count). The summed E-state index contributed by atoms with van der Waals surface area (Å²) in [5.41, 5.74) is 2.42. The minimum atomic E-state index is -0.0334. The number of piperidine rings is 1. The molecule has 0 saturated carbocycles. The molecule has 1 saturated heterocycles. The normalized spacial score (nSPS) is 20.3. The fraction of sp³-hybridized carbons (Fsp3) is 0.474. The van der Waals surface area contributed by atoms with Crippen molar-refractivity contribution in [1.29, 1.82) is 0 Å². The Bertz CT molecular complexity index is 960. The maximum atomic E-state index is 13.3. The van der Waals surface area contributed by atoms with Gasteiger partial charge in [-0.1, -0.05) is 5.16 Å². The summed E-state index contributed by atoms with van der Waals surface area (Å²) < 4.78 is 7.34.